The Labute approximate surface area is 113 Å². The maximum absolute atomic E-state index is 12.1. The number of nitrogen functional groups attached to an aromatic ring is 2. The van der Waals surface area contributed by atoms with Crippen molar-refractivity contribution < 1.29 is 4.79 Å². The maximum atomic E-state index is 12.1. The molecular weight excluding hydrogens is 294 g/mol. The zero-order chi connectivity index (χ0) is 13.1. The summed E-state index contributed by atoms with van der Waals surface area (Å²) in [5, 5.41) is 0. The van der Waals surface area contributed by atoms with Crippen molar-refractivity contribution in [2.24, 2.45) is 0 Å². The van der Waals surface area contributed by atoms with Crippen molar-refractivity contribution in [3.63, 3.8) is 0 Å². The minimum absolute atomic E-state index is 0.0697. The number of nitrogens with zero attached hydrogens (tertiary/aromatic N) is 1. The number of benzene rings is 1. The molecule has 0 aliphatic carbocycles. The number of hydrogen-bond donors (Lipinski definition) is 2. The number of halogens is 1. The SMILES string of the molecule is Nc1cc(Br)ccc1C(=O)Cc1cccnc1N. The van der Waals surface area contributed by atoms with Crippen LogP contribution in [0.15, 0.2) is 41.0 Å². The highest BCUT2D eigenvalue weighted by atomic mass is 79.9. The molecule has 92 valence electrons. The normalized spacial score (nSPS) is 10.3. The molecule has 0 bridgehead atoms. The van der Waals surface area contributed by atoms with E-state index in [9.17, 15) is 4.79 Å². The Morgan fingerprint density at radius 1 is 1.28 bits per heavy atom. The number of nitrogens with two attached hydrogens (primary N) is 2. The largest absolute Gasteiger partial charge is 0.398 e. The Bertz CT molecular complexity index is 599. The zero-order valence-corrected chi connectivity index (χ0v) is 11.1. The number of Topliss-reactive ketones (excluding diaryl/α,β-unsaturated/α-hetero) is 1. The van der Waals surface area contributed by atoms with Crippen LogP contribution in [0, 0.1) is 0 Å². The Morgan fingerprint density at radius 2 is 2.06 bits per heavy atom. The van der Waals surface area contributed by atoms with Crippen molar-refractivity contribution in [1.29, 1.82) is 0 Å². The van der Waals surface area contributed by atoms with E-state index in [1.54, 1.807) is 36.5 Å². The third kappa shape index (κ3) is 2.68. The second-order valence-corrected chi connectivity index (χ2v) is 4.79. The number of ketones is 1. The first-order valence-corrected chi connectivity index (χ1v) is 6.15. The Kier molecular flexibility index (Phi) is 3.62. The first kappa shape index (κ1) is 12.6. The summed E-state index contributed by atoms with van der Waals surface area (Å²) in [4.78, 5) is 16.1. The van der Waals surface area contributed by atoms with Gasteiger partial charge in [-0.25, -0.2) is 4.98 Å². The van der Waals surface area contributed by atoms with Crippen LogP contribution in [-0.2, 0) is 6.42 Å². The van der Waals surface area contributed by atoms with Crippen LogP contribution in [0.4, 0.5) is 11.5 Å². The van der Waals surface area contributed by atoms with Gasteiger partial charge in [0.25, 0.3) is 0 Å². The van der Waals surface area contributed by atoms with Gasteiger partial charge in [0, 0.05) is 33.9 Å². The summed E-state index contributed by atoms with van der Waals surface area (Å²) in [5.74, 6) is 0.307. The fourth-order valence-electron chi connectivity index (χ4n) is 1.66. The van der Waals surface area contributed by atoms with Crippen LogP contribution >= 0.6 is 15.9 Å². The molecule has 1 heterocycles. The molecule has 4 N–H and O–H groups in total. The van der Waals surface area contributed by atoms with Gasteiger partial charge in [-0.1, -0.05) is 22.0 Å². The fraction of sp³-hybridized carbons (Fsp3) is 0.0769. The van der Waals surface area contributed by atoms with Crippen LogP contribution in [0.1, 0.15) is 15.9 Å². The molecule has 0 aliphatic heterocycles. The van der Waals surface area contributed by atoms with Gasteiger partial charge in [-0.3, -0.25) is 4.79 Å². The van der Waals surface area contributed by atoms with E-state index < -0.39 is 0 Å². The van der Waals surface area contributed by atoms with E-state index in [1.165, 1.54) is 0 Å². The summed E-state index contributed by atoms with van der Waals surface area (Å²) in [6.07, 6.45) is 1.79. The highest BCUT2D eigenvalue weighted by molar-refractivity contribution is 9.10. The summed E-state index contributed by atoms with van der Waals surface area (Å²) in [7, 11) is 0. The van der Waals surface area contributed by atoms with Gasteiger partial charge in [-0.2, -0.15) is 0 Å². The number of hydrogen-bond acceptors (Lipinski definition) is 4. The van der Waals surface area contributed by atoms with Gasteiger partial charge in [0.05, 0.1) is 0 Å². The number of rotatable bonds is 3. The van der Waals surface area contributed by atoms with Gasteiger partial charge < -0.3 is 11.5 Å². The molecule has 0 saturated carbocycles. The van der Waals surface area contributed by atoms with E-state index in [1.807, 2.05) is 0 Å². The molecule has 0 fully saturated rings. The fourth-order valence-corrected chi connectivity index (χ4v) is 2.03. The van der Waals surface area contributed by atoms with Gasteiger partial charge in [0.15, 0.2) is 5.78 Å². The average molecular weight is 306 g/mol. The maximum Gasteiger partial charge on any atom is 0.169 e. The van der Waals surface area contributed by atoms with E-state index in [0.717, 1.165) is 4.47 Å². The molecule has 0 atom stereocenters. The van der Waals surface area contributed by atoms with Crippen LogP contribution in [0.2, 0.25) is 0 Å². The lowest BCUT2D eigenvalue weighted by atomic mass is 10.0. The number of carbonyl (C=O) groups excluding carboxylic acids is 1. The lowest BCUT2D eigenvalue weighted by molar-refractivity contribution is 0.0994. The van der Waals surface area contributed by atoms with Crippen molar-refractivity contribution >= 4 is 33.2 Å². The molecule has 0 unspecified atom stereocenters. The van der Waals surface area contributed by atoms with Crippen molar-refractivity contribution in [1.82, 2.24) is 4.98 Å². The smallest absolute Gasteiger partial charge is 0.169 e. The lowest BCUT2D eigenvalue weighted by Crippen LogP contribution is -2.09. The van der Waals surface area contributed by atoms with E-state index in [4.69, 9.17) is 11.5 Å². The third-order valence-electron chi connectivity index (χ3n) is 2.59. The molecule has 2 aromatic rings. The summed E-state index contributed by atoms with van der Waals surface area (Å²) in [6.45, 7) is 0. The first-order chi connectivity index (χ1) is 8.58. The molecule has 18 heavy (non-hydrogen) atoms. The van der Waals surface area contributed by atoms with E-state index in [2.05, 4.69) is 20.9 Å². The predicted molar refractivity (Wildman–Crippen MR) is 75.2 cm³/mol. The van der Waals surface area contributed by atoms with Gasteiger partial charge in [-0.05, 0) is 24.3 Å². The summed E-state index contributed by atoms with van der Waals surface area (Å²) < 4.78 is 0.845. The van der Waals surface area contributed by atoms with Gasteiger partial charge in [-0.15, -0.1) is 0 Å². The number of anilines is 2. The van der Waals surface area contributed by atoms with E-state index >= 15 is 0 Å². The van der Waals surface area contributed by atoms with Crippen LogP contribution in [0.3, 0.4) is 0 Å². The number of pyridine rings is 1. The van der Waals surface area contributed by atoms with Crippen LogP contribution in [0.25, 0.3) is 0 Å². The van der Waals surface area contributed by atoms with Crippen LogP contribution in [-0.4, -0.2) is 10.8 Å². The first-order valence-electron chi connectivity index (χ1n) is 5.35. The second kappa shape index (κ2) is 5.18. The zero-order valence-electron chi connectivity index (χ0n) is 9.56. The van der Waals surface area contributed by atoms with Crippen molar-refractivity contribution in [3.05, 3.63) is 52.1 Å². The molecule has 0 radical (unpaired) electrons. The minimum atomic E-state index is -0.0697. The highest BCUT2D eigenvalue weighted by Gasteiger charge is 2.12. The summed E-state index contributed by atoms with van der Waals surface area (Å²) >= 11 is 3.30. The molecule has 0 spiro atoms. The molecule has 5 heteroatoms. The van der Waals surface area contributed by atoms with Crippen molar-refractivity contribution in [2.45, 2.75) is 6.42 Å². The topological polar surface area (TPSA) is 82.0 Å². The summed E-state index contributed by atoms with van der Waals surface area (Å²) in [5.41, 5.74) is 13.2. The standard InChI is InChI=1S/C13H12BrN3O/c14-9-3-4-10(11(15)7-9)12(18)6-8-2-1-5-17-13(8)16/h1-5,7H,6,15H2,(H2,16,17). The summed E-state index contributed by atoms with van der Waals surface area (Å²) in [6, 6.07) is 8.74. The quantitative estimate of drug-likeness (QED) is 0.674. The minimum Gasteiger partial charge on any atom is -0.398 e. The molecule has 2 rings (SSSR count). The van der Waals surface area contributed by atoms with Gasteiger partial charge in [0.1, 0.15) is 5.82 Å². The van der Waals surface area contributed by atoms with E-state index in [0.29, 0.717) is 22.6 Å². The lowest BCUT2D eigenvalue weighted by Gasteiger charge is -2.06. The average Bonchev–Trinajstić information content (AvgIpc) is 2.32. The highest BCUT2D eigenvalue weighted by Crippen LogP contribution is 2.21. The molecule has 4 nitrogen and oxygen atoms in total. The Balaban J connectivity index is 2.25. The molecule has 1 aromatic heterocycles. The number of aromatic nitrogens is 1. The monoisotopic (exact) mass is 305 g/mol. The predicted octanol–water partition coefficient (Wildman–Crippen LogP) is 2.43. The van der Waals surface area contributed by atoms with Gasteiger partial charge >= 0.3 is 0 Å². The van der Waals surface area contributed by atoms with Crippen LogP contribution < -0.4 is 11.5 Å². The Morgan fingerprint density at radius 3 is 2.72 bits per heavy atom. The van der Waals surface area contributed by atoms with E-state index in [-0.39, 0.29) is 12.2 Å². The Hall–Kier alpha value is -1.88. The van der Waals surface area contributed by atoms with Crippen LogP contribution in [0.5, 0.6) is 0 Å². The number of carbonyl (C=O) groups is 1. The van der Waals surface area contributed by atoms with Crippen molar-refractivity contribution in [2.75, 3.05) is 11.5 Å². The molecule has 0 saturated heterocycles. The molecular formula is C13H12BrN3O. The molecule has 0 aliphatic rings. The molecule has 0 amide bonds. The third-order valence-corrected chi connectivity index (χ3v) is 3.08. The second-order valence-electron chi connectivity index (χ2n) is 3.88. The van der Waals surface area contributed by atoms with Crippen molar-refractivity contribution in [3.8, 4) is 0 Å². The molecule has 1 aromatic carbocycles. The van der Waals surface area contributed by atoms with Gasteiger partial charge in [0.2, 0.25) is 0 Å².